The predicted molar refractivity (Wildman–Crippen MR) is 94.1 cm³/mol. The molecule has 2 aromatic carbocycles. The molecule has 0 aliphatic rings. The van der Waals surface area contributed by atoms with Gasteiger partial charge in [-0.25, -0.2) is 4.39 Å². The van der Waals surface area contributed by atoms with Crippen molar-refractivity contribution in [2.24, 2.45) is 0 Å². The Bertz CT molecular complexity index is 777. The van der Waals surface area contributed by atoms with Crippen molar-refractivity contribution < 1.29 is 18.7 Å². The summed E-state index contributed by atoms with van der Waals surface area (Å²) < 4.78 is 18.9. The van der Waals surface area contributed by atoms with E-state index in [-0.39, 0.29) is 11.5 Å². The number of nitrogens with one attached hydrogen (secondary N) is 1. The van der Waals surface area contributed by atoms with Crippen LogP contribution < -0.4 is 10.1 Å². The van der Waals surface area contributed by atoms with Crippen LogP contribution in [0, 0.1) is 5.82 Å². The van der Waals surface area contributed by atoms with Crippen LogP contribution in [-0.4, -0.2) is 30.4 Å². The Morgan fingerprint density at radius 1 is 1.20 bits per heavy atom. The summed E-state index contributed by atoms with van der Waals surface area (Å²) in [4.78, 5) is 25.5. The van der Waals surface area contributed by atoms with Gasteiger partial charge in [0.2, 0.25) is 5.91 Å². The summed E-state index contributed by atoms with van der Waals surface area (Å²) in [6.07, 6.45) is 0. The van der Waals surface area contributed by atoms with Crippen LogP contribution in [0.2, 0.25) is 0 Å². The van der Waals surface area contributed by atoms with E-state index in [4.69, 9.17) is 4.74 Å². The lowest BCUT2D eigenvalue weighted by molar-refractivity contribution is -0.129. The van der Waals surface area contributed by atoms with E-state index >= 15 is 0 Å². The lowest BCUT2D eigenvalue weighted by Crippen LogP contribution is -2.27. The molecule has 2 amide bonds. The highest BCUT2D eigenvalue weighted by molar-refractivity contribution is 6.04. The number of carbonyl (C=O) groups is 2. The Balaban J connectivity index is 2.13. The van der Waals surface area contributed by atoms with Crippen molar-refractivity contribution in [1.29, 1.82) is 0 Å². The Labute approximate surface area is 146 Å². The fourth-order valence-electron chi connectivity index (χ4n) is 2.42. The minimum absolute atomic E-state index is 0.0164. The standard InChI is InChI=1S/C19H21FN2O3/c1-4-22(13(2)23)12-14-6-5-7-15(10-14)21-19(24)17-9-8-16(25-3)11-18(17)20/h5-11H,4,12H2,1-3H3,(H,21,24). The Kier molecular flexibility index (Phi) is 6.11. The third kappa shape index (κ3) is 4.79. The van der Waals surface area contributed by atoms with Crippen molar-refractivity contribution in [2.75, 3.05) is 19.0 Å². The van der Waals surface area contributed by atoms with Gasteiger partial charge in [-0.1, -0.05) is 12.1 Å². The van der Waals surface area contributed by atoms with E-state index in [1.165, 1.54) is 26.2 Å². The fourth-order valence-corrected chi connectivity index (χ4v) is 2.42. The first-order chi connectivity index (χ1) is 11.9. The number of hydrogen-bond donors (Lipinski definition) is 1. The summed E-state index contributed by atoms with van der Waals surface area (Å²) in [5.74, 6) is -0.866. The molecule has 0 unspecified atom stereocenters. The van der Waals surface area contributed by atoms with Gasteiger partial charge in [0.05, 0.1) is 12.7 Å². The van der Waals surface area contributed by atoms with Gasteiger partial charge in [0.15, 0.2) is 0 Å². The van der Waals surface area contributed by atoms with Crippen molar-refractivity contribution in [1.82, 2.24) is 4.90 Å². The summed E-state index contributed by atoms with van der Waals surface area (Å²) in [6, 6.07) is 11.2. The molecule has 1 N–H and O–H groups in total. The number of rotatable bonds is 6. The Morgan fingerprint density at radius 3 is 2.56 bits per heavy atom. The zero-order valence-corrected chi connectivity index (χ0v) is 14.5. The molecule has 5 nitrogen and oxygen atoms in total. The highest BCUT2D eigenvalue weighted by Gasteiger charge is 2.13. The van der Waals surface area contributed by atoms with Gasteiger partial charge in [-0.05, 0) is 36.8 Å². The zero-order chi connectivity index (χ0) is 18.4. The zero-order valence-electron chi connectivity index (χ0n) is 14.5. The number of ether oxygens (including phenoxy) is 1. The number of amides is 2. The predicted octanol–water partition coefficient (Wildman–Crippen LogP) is 3.46. The van der Waals surface area contributed by atoms with Crippen LogP contribution in [0.5, 0.6) is 5.75 Å². The molecule has 0 saturated carbocycles. The van der Waals surface area contributed by atoms with Crippen LogP contribution in [0.1, 0.15) is 29.8 Å². The molecule has 0 aliphatic heterocycles. The maximum atomic E-state index is 14.0. The maximum Gasteiger partial charge on any atom is 0.258 e. The SMILES string of the molecule is CCN(Cc1cccc(NC(=O)c2ccc(OC)cc2F)c1)C(C)=O. The Hall–Kier alpha value is -2.89. The van der Waals surface area contributed by atoms with Gasteiger partial charge in [-0.2, -0.15) is 0 Å². The van der Waals surface area contributed by atoms with Gasteiger partial charge in [-0.15, -0.1) is 0 Å². The molecule has 0 radical (unpaired) electrons. The molecule has 0 heterocycles. The van der Waals surface area contributed by atoms with Crippen molar-refractivity contribution in [3.05, 3.63) is 59.4 Å². The average molecular weight is 344 g/mol. The third-order valence-corrected chi connectivity index (χ3v) is 3.81. The van der Waals surface area contributed by atoms with Gasteiger partial charge in [0.25, 0.3) is 5.91 Å². The minimum atomic E-state index is -0.651. The summed E-state index contributed by atoms with van der Waals surface area (Å²) >= 11 is 0. The van der Waals surface area contributed by atoms with Crippen molar-refractivity contribution in [3.63, 3.8) is 0 Å². The summed E-state index contributed by atoms with van der Waals surface area (Å²) in [6.45, 7) is 4.47. The summed E-state index contributed by atoms with van der Waals surface area (Å²) in [7, 11) is 1.43. The second-order valence-corrected chi connectivity index (χ2v) is 5.53. The molecule has 0 bridgehead atoms. The molecule has 0 aromatic heterocycles. The fraction of sp³-hybridized carbons (Fsp3) is 0.263. The molecular weight excluding hydrogens is 323 g/mol. The molecule has 25 heavy (non-hydrogen) atoms. The number of anilines is 1. The van der Waals surface area contributed by atoms with Crippen LogP contribution in [0.3, 0.4) is 0 Å². The first-order valence-electron chi connectivity index (χ1n) is 7.94. The molecule has 132 valence electrons. The van der Waals surface area contributed by atoms with Crippen molar-refractivity contribution in [3.8, 4) is 5.75 Å². The maximum absolute atomic E-state index is 14.0. The van der Waals surface area contributed by atoms with E-state index in [0.29, 0.717) is 24.5 Å². The largest absolute Gasteiger partial charge is 0.497 e. The van der Waals surface area contributed by atoms with Crippen LogP contribution in [0.25, 0.3) is 0 Å². The molecule has 0 spiro atoms. The van der Waals surface area contributed by atoms with Gasteiger partial charge in [-0.3, -0.25) is 9.59 Å². The quantitative estimate of drug-likeness (QED) is 0.873. The highest BCUT2D eigenvalue weighted by Crippen LogP contribution is 2.19. The average Bonchev–Trinajstić information content (AvgIpc) is 2.59. The molecule has 0 aliphatic carbocycles. The molecule has 2 aromatic rings. The number of benzene rings is 2. The van der Waals surface area contributed by atoms with E-state index in [0.717, 1.165) is 11.6 Å². The van der Waals surface area contributed by atoms with Gasteiger partial charge < -0.3 is 15.0 Å². The molecular formula is C19H21FN2O3. The molecule has 2 rings (SSSR count). The minimum Gasteiger partial charge on any atom is -0.497 e. The van der Waals surface area contributed by atoms with E-state index < -0.39 is 11.7 Å². The van der Waals surface area contributed by atoms with E-state index in [9.17, 15) is 14.0 Å². The van der Waals surface area contributed by atoms with E-state index in [1.54, 1.807) is 23.1 Å². The topological polar surface area (TPSA) is 58.6 Å². The van der Waals surface area contributed by atoms with Crippen LogP contribution in [0.4, 0.5) is 10.1 Å². The van der Waals surface area contributed by atoms with Crippen molar-refractivity contribution in [2.45, 2.75) is 20.4 Å². The van der Waals surface area contributed by atoms with Crippen molar-refractivity contribution >= 4 is 17.5 Å². The monoisotopic (exact) mass is 344 g/mol. The number of methoxy groups -OCH3 is 1. The number of carbonyl (C=O) groups excluding carboxylic acids is 2. The lowest BCUT2D eigenvalue weighted by atomic mass is 10.1. The summed E-state index contributed by atoms with van der Waals surface area (Å²) in [5.41, 5.74) is 1.35. The van der Waals surface area contributed by atoms with Gasteiger partial charge >= 0.3 is 0 Å². The third-order valence-electron chi connectivity index (χ3n) is 3.81. The first kappa shape index (κ1) is 18.4. The van der Waals surface area contributed by atoms with Crippen LogP contribution >= 0.6 is 0 Å². The van der Waals surface area contributed by atoms with Gasteiger partial charge in [0.1, 0.15) is 11.6 Å². The smallest absolute Gasteiger partial charge is 0.258 e. The lowest BCUT2D eigenvalue weighted by Gasteiger charge is -2.19. The highest BCUT2D eigenvalue weighted by atomic mass is 19.1. The van der Waals surface area contributed by atoms with E-state index in [2.05, 4.69) is 5.32 Å². The number of nitrogens with zero attached hydrogens (tertiary/aromatic N) is 1. The van der Waals surface area contributed by atoms with E-state index in [1.807, 2.05) is 13.0 Å². The molecule has 0 fully saturated rings. The second-order valence-electron chi connectivity index (χ2n) is 5.53. The molecule has 0 atom stereocenters. The number of hydrogen-bond acceptors (Lipinski definition) is 3. The second kappa shape index (κ2) is 8.28. The van der Waals surface area contributed by atoms with Crippen LogP contribution in [-0.2, 0) is 11.3 Å². The molecule has 6 heteroatoms. The molecule has 0 saturated heterocycles. The summed E-state index contributed by atoms with van der Waals surface area (Å²) in [5, 5.41) is 2.67. The Morgan fingerprint density at radius 2 is 1.96 bits per heavy atom. The van der Waals surface area contributed by atoms with Crippen LogP contribution in [0.15, 0.2) is 42.5 Å². The van der Waals surface area contributed by atoms with Gasteiger partial charge in [0, 0.05) is 31.8 Å². The number of halogens is 1. The first-order valence-corrected chi connectivity index (χ1v) is 7.94. The normalized spacial score (nSPS) is 10.2.